The Hall–Kier alpha value is -1.07. The SMILES string of the molecule is CC1(C)C(NS(=O)(=O)c2ccccc2O)C1(C)C. The van der Waals surface area contributed by atoms with Crippen molar-refractivity contribution in [3.05, 3.63) is 24.3 Å². The van der Waals surface area contributed by atoms with Gasteiger partial charge in [-0.2, -0.15) is 0 Å². The number of rotatable bonds is 3. The molecule has 1 aliphatic rings. The molecule has 0 atom stereocenters. The van der Waals surface area contributed by atoms with Crippen molar-refractivity contribution in [2.24, 2.45) is 10.8 Å². The van der Waals surface area contributed by atoms with Gasteiger partial charge in [0.2, 0.25) is 10.0 Å². The van der Waals surface area contributed by atoms with Crippen LogP contribution < -0.4 is 4.72 Å². The van der Waals surface area contributed by atoms with Gasteiger partial charge in [-0.3, -0.25) is 0 Å². The van der Waals surface area contributed by atoms with Crippen molar-refractivity contribution in [2.75, 3.05) is 0 Å². The van der Waals surface area contributed by atoms with Crippen molar-refractivity contribution < 1.29 is 13.5 Å². The molecular formula is C13H19NO3S. The number of para-hydroxylation sites is 1. The molecule has 0 saturated heterocycles. The van der Waals surface area contributed by atoms with E-state index < -0.39 is 10.0 Å². The second kappa shape index (κ2) is 3.71. The predicted molar refractivity (Wildman–Crippen MR) is 69.8 cm³/mol. The zero-order valence-corrected chi connectivity index (χ0v) is 11.9. The number of aromatic hydroxyl groups is 1. The minimum atomic E-state index is -3.67. The summed E-state index contributed by atoms with van der Waals surface area (Å²) in [6.45, 7) is 8.13. The van der Waals surface area contributed by atoms with E-state index in [1.54, 1.807) is 12.1 Å². The molecule has 100 valence electrons. The Morgan fingerprint density at radius 3 is 2.06 bits per heavy atom. The molecule has 1 saturated carbocycles. The quantitative estimate of drug-likeness (QED) is 0.883. The molecule has 5 heteroatoms. The van der Waals surface area contributed by atoms with Gasteiger partial charge < -0.3 is 5.11 Å². The van der Waals surface area contributed by atoms with E-state index in [0.29, 0.717) is 0 Å². The average Bonchev–Trinajstić information content (AvgIpc) is 2.61. The van der Waals surface area contributed by atoms with Gasteiger partial charge >= 0.3 is 0 Å². The molecule has 2 N–H and O–H groups in total. The van der Waals surface area contributed by atoms with Crippen molar-refractivity contribution in [3.8, 4) is 5.75 Å². The number of sulfonamides is 1. The maximum absolute atomic E-state index is 12.2. The molecule has 2 rings (SSSR count). The zero-order chi connectivity index (χ0) is 13.8. The highest BCUT2D eigenvalue weighted by atomic mass is 32.2. The Morgan fingerprint density at radius 1 is 1.11 bits per heavy atom. The molecule has 0 amide bonds. The van der Waals surface area contributed by atoms with Crippen molar-refractivity contribution in [1.29, 1.82) is 0 Å². The van der Waals surface area contributed by atoms with E-state index in [9.17, 15) is 13.5 Å². The lowest BCUT2D eigenvalue weighted by molar-refractivity contribution is 0.457. The molecule has 0 aromatic heterocycles. The predicted octanol–water partition coefficient (Wildman–Crippen LogP) is 2.11. The second-order valence-electron chi connectivity index (χ2n) is 5.97. The highest BCUT2D eigenvalue weighted by molar-refractivity contribution is 7.89. The summed E-state index contributed by atoms with van der Waals surface area (Å²) in [7, 11) is -3.67. The summed E-state index contributed by atoms with van der Waals surface area (Å²) in [6.07, 6.45) is 0. The van der Waals surface area contributed by atoms with E-state index in [-0.39, 0.29) is 27.5 Å². The first-order chi connectivity index (χ1) is 8.11. The van der Waals surface area contributed by atoms with Gasteiger partial charge in [0.25, 0.3) is 0 Å². The third-order valence-corrected chi connectivity index (χ3v) is 5.92. The van der Waals surface area contributed by atoms with Gasteiger partial charge in [0, 0.05) is 6.04 Å². The molecule has 1 aromatic carbocycles. The van der Waals surface area contributed by atoms with Gasteiger partial charge in [-0.25, -0.2) is 13.1 Å². The van der Waals surface area contributed by atoms with Crippen LogP contribution in [0, 0.1) is 10.8 Å². The van der Waals surface area contributed by atoms with Gasteiger partial charge in [-0.15, -0.1) is 0 Å². The van der Waals surface area contributed by atoms with Crippen molar-refractivity contribution in [2.45, 2.75) is 38.6 Å². The Kier molecular flexibility index (Phi) is 2.76. The lowest BCUT2D eigenvalue weighted by Crippen LogP contribution is -2.29. The maximum Gasteiger partial charge on any atom is 0.244 e. The first-order valence-electron chi connectivity index (χ1n) is 5.91. The summed E-state index contributed by atoms with van der Waals surface area (Å²) in [5.74, 6) is -0.221. The average molecular weight is 269 g/mol. The third-order valence-electron chi connectivity index (χ3n) is 4.45. The summed E-state index contributed by atoms with van der Waals surface area (Å²) in [5, 5.41) is 9.62. The molecule has 4 nitrogen and oxygen atoms in total. The zero-order valence-electron chi connectivity index (χ0n) is 11.1. The standard InChI is InChI=1S/C13H19NO3S/c1-12(2)11(13(12,3)4)14-18(16,17)10-8-6-5-7-9(10)15/h5-8,11,14-15H,1-4H3. The Bertz CT molecular complexity index is 562. The summed E-state index contributed by atoms with van der Waals surface area (Å²) in [6, 6.07) is 5.85. The van der Waals surface area contributed by atoms with E-state index in [0.717, 1.165) is 0 Å². The van der Waals surface area contributed by atoms with Gasteiger partial charge in [-0.1, -0.05) is 39.8 Å². The van der Waals surface area contributed by atoms with Crippen LogP contribution in [0.5, 0.6) is 5.75 Å². The Balaban J connectivity index is 2.29. The Morgan fingerprint density at radius 2 is 1.61 bits per heavy atom. The molecule has 1 fully saturated rings. The molecule has 1 aliphatic carbocycles. The van der Waals surface area contributed by atoms with Crippen LogP contribution in [0.15, 0.2) is 29.2 Å². The molecule has 0 unspecified atom stereocenters. The smallest absolute Gasteiger partial charge is 0.244 e. The molecule has 18 heavy (non-hydrogen) atoms. The van der Waals surface area contributed by atoms with Gasteiger partial charge in [0.05, 0.1) is 0 Å². The third kappa shape index (κ3) is 1.82. The van der Waals surface area contributed by atoms with Crippen LogP contribution in [0.25, 0.3) is 0 Å². The molecule has 0 aliphatic heterocycles. The van der Waals surface area contributed by atoms with E-state index in [1.807, 2.05) is 27.7 Å². The van der Waals surface area contributed by atoms with Gasteiger partial charge in [0.1, 0.15) is 10.6 Å². The van der Waals surface area contributed by atoms with Crippen LogP contribution in [-0.4, -0.2) is 19.6 Å². The molecular weight excluding hydrogens is 250 g/mol. The number of phenols is 1. The number of benzene rings is 1. The molecule has 0 spiro atoms. The first-order valence-corrected chi connectivity index (χ1v) is 7.39. The Labute approximate surface area is 108 Å². The largest absolute Gasteiger partial charge is 0.507 e. The normalized spacial score (nSPS) is 21.8. The highest BCUT2D eigenvalue weighted by Crippen LogP contribution is 2.63. The number of phenolic OH excluding ortho intramolecular Hbond substituents is 1. The van der Waals surface area contributed by atoms with Crippen LogP contribution >= 0.6 is 0 Å². The monoisotopic (exact) mass is 269 g/mol. The molecule has 0 radical (unpaired) electrons. The number of nitrogens with one attached hydrogen (secondary N) is 1. The van der Waals surface area contributed by atoms with Crippen LogP contribution in [0.1, 0.15) is 27.7 Å². The van der Waals surface area contributed by atoms with E-state index in [2.05, 4.69) is 4.72 Å². The minimum Gasteiger partial charge on any atom is -0.507 e. The first kappa shape index (κ1) is 13.4. The fraction of sp³-hybridized carbons (Fsp3) is 0.538. The van der Waals surface area contributed by atoms with Crippen LogP contribution in [-0.2, 0) is 10.0 Å². The van der Waals surface area contributed by atoms with Crippen LogP contribution in [0.2, 0.25) is 0 Å². The highest BCUT2D eigenvalue weighted by Gasteiger charge is 2.66. The van der Waals surface area contributed by atoms with Gasteiger partial charge in [0.15, 0.2) is 0 Å². The van der Waals surface area contributed by atoms with E-state index in [1.165, 1.54) is 12.1 Å². The second-order valence-corrected chi connectivity index (χ2v) is 7.65. The fourth-order valence-electron chi connectivity index (χ4n) is 2.39. The van der Waals surface area contributed by atoms with Crippen molar-refractivity contribution in [3.63, 3.8) is 0 Å². The molecule has 0 bridgehead atoms. The van der Waals surface area contributed by atoms with Crippen molar-refractivity contribution in [1.82, 2.24) is 4.72 Å². The summed E-state index contributed by atoms with van der Waals surface area (Å²) in [5.41, 5.74) is -0.158. The lowest BCUT2D eigenvalue weighted by atomic mass is 10.0. The van der Waals surface area contributed by atoms with Gasteiger partial charge in [-0.05, 0) is 23.0 Å². The van der Waals surface area contributed by atoms with Crippen LogP contribution in [0.3, 0.4) is 0 Å². The molecule has 1 aromatic rings. The summed E-state index contributed by atoms with van der Waals surface area (Å²) < 4.78 is 27.1. The summed E-state index contributed by atoms with van der Waals surface area (Å²) >= 11 is 0. The maximum atomic E-state index is 12.2. The lowest BCUT2D eigenvalue weighted by Gasteiger charge is -2.09. The number of hydrogen-bond acceptors (Lipinski definition) is 3. The minimum absolute atomic E-state index is 0.0662. The number of hydrogen-bond donors (Lipinski definition) is 2. The van der Waals surface area contributed by atoms with Crippen LogP contribution in [0.4, 0.5) is 0 Å². The fourth-order valence-corrected chi connectivity index (χ4v) is 4.02. The van der Waals surface area contributed by atoms with Crippen molar-refractivity contribution >= 4 is 10.0 Å². The molecule has 0 heterocycles. The van der Waals surface area contributed by atoms with E-state index >= 15 is 0 Å². The van der Waals surface area contributed by atoms with E-state index in [4.69, 9.17) is 0 Å². The summed E-state index contributed by atoms with van der Waals surface area (Å²) in [4.78, 5) is -0.0662. The topological polar surface area (TPSA) is 66.4 Å².